The van der Waals surface area contributed by atoms with Crippen molar-refractivity contribution in [2.24, 2.45) is 0 Å². The second kappa shape index (κ2) is 9.30. The topological polar surface area (TPSA) is 47.3 Å². The molecule has 1 N–H and O–H groups in total. The van der Waals surface area contributed by atoms with E-state index in [1.807, 2.05) is 83.7 Å². The molecule has 0 fully saturated rings. The summed E-state index contributed by atoms with van der Waals surface area (Å²) >= 11 is 0. The van der Waals surface area contributed by atoms with Gasteiger partial charge in [0.25, 0.3) is 0 Å². The van der Waals surface area contributed by atoms with E-state index in [2.05, 4.69) is 5.10 Å². The molecule has 3 aromatic carbocycles. The first-order valence-electron chi connectivity index (χ1n) is 9.13. The zero-order valence-electron chi connectivity index (χ0n) is 16.2. The molecule has 1 aromatic heterocycles. The Labute approximate surface area is 168 Å². The Kier molecular flexibility index (Phi) is 6.57. The fourth-order valence-electron chi connectivity index (χ4n) is 3.00. The smallest absolute Gasteiger partial charge is 0.235 e. The summed E-state index contributed by atoms with van der Waals surface area (Å²) in [4.78, 5) is 0. The van der Waals surface area contributed by atoms with Crippen LogP contribution in [-0.2, 0) is 0 Å². The summed E-state index contributed by atoms with van der Waals surface area (Å²) in [6.07, 6.45) is -1.05. The van der Waals surface area contributed by atoms with Gasteiger partial charge in [-0.05, 0) is 54.4 Å². The van der Waals surface area contributed by atoms with Crippen LogP contribution in [0.5, 0.6) is 5.75 Å². The van der Waals surface area contributed by atoms with Gasteiger partial charge in [0, 0.05) is 5.39 Å². The Morgan fingerprint density at radius 2 is 1.62 bits per heavy atom. The fourth-order valence-corrected chi connectivity index (χ4v) is 3.00. The number of halogens is 2. The third-order valence-corrected chi connectivity index (χ3v) is 4.32. The maximum absolute atomic E-state index is 10.7. The molecule has 0 aliphatic rings. The van der Waals surface area contributed by atoms with Crippen LogP contribution in [0.2, 0.25) is 0 Å². The number of aliphatic hydroxyl groups excluding tert-OH is 1. The van der Waals surface area contributed by atoms with Crippen molar-refractivity contribution >= 4 is 10.9 Å². The third kappa shape index (κ3) is 4.97. The average molecular weight is 396 g/mol. The summed E-state index contributed by atoms with van der Waals surface area (Å²) in [5.41, 5.74) is 3.65. The molecule has 1 heterocycles. The molecule has 29 heavy (non-hydrogen) atoms. The van der Waals surface area contributed by atoms with Gasteiger partial charge in [0.05, 0.1) is 24.5 Å². The molecule has 0 saturated carbocycles. The molecule has 4 rings (SSSR count). The van der Waals surface area contributed by atoms with Crippen LogP contribution >= 0.6 is 0 Å². The molecule has 0 spiro atoms. The predicted molar refractivity (Wildman–Crippen MR) is 110 cm³/mol. The van der Waals surface area contributed by atoms with Gasteiger partial charge in [-0.3, -0.25) is 0 Å². The van der Waals surface area contributed by atoms with Crippen molar-refractivity contribution in [3.63, 3.8) is 0 Å². The number of ether oxygens (including phenoxy) is 1. The zero-order valence-corrected chi connectivity index (χ0v) is 16.2. The molecule has 0 aliphatic heterocycles. The van der Waals surface area contributed by atoms with E-state index in [1.165, 1.54) is 0 Å². The molecule has 0 amide bonds. The molecular formula is C23H22F2N2O2. The Morgan fingerprint density at radius 3 is 2.31 bits per heavy atom. The fraction of sp³-hybridized carbons (Fsp3) is 0.174. The Bertz CT molecular complexity index is 1060. The lowest BCUT2D eigenvalue weighted by Crippen LogP contribution is -2.00. The lowest BCUT2D eigenvalue weighted by atomic mass is 10.0. The van der Waals surface area contributed by atoms with E-state index in [-0.39, 0.29) is 0 Å². The monoisotopic (exact) mass is 396 g/mol. The normalized spacial score (nSPS) is 11.8. The number of alkyl halides is 2. The second-order valence-electron chi connectivity index (χ2n) is 6.41. The molecule has 0 radical (unpaired) electrons. The summed E-state index contributed by atoms with van der Waals surface area (Å²) < 4.78 is 27.8. The van der Waals surface area contributed by atoms with Crippen molar-refractivity contribution in [1.82, 2.24) is 9.78 Å². The lowest BCUT2D eigenvalue weighted by molar-refractivity contribution is 0.171. The van der Waals surface area contributed by atoms with Crippen LogP contribution in [0.15, 0.2) is 79.0 Å². The maximum atomic E-state index is 10.7. The molecular weight excluding hydrogens is 374 g/mol. The molecule has 1 unspecified atom stereocenters. The third-order valence-electron chi connectivity index (χ3n) is 4.32. The molecule has 150 valence electrons. The van der Waals surface area contributed by atoms with Crippen molar-refractivity contribution in [1.29, 1.82) is 0 Å². The number of aromatic nitrogens is 2. The minimum absolute atomic E-state index is 0.709. The van der Waals surface area contributed by atoms with Gasteiger partial charge in [-0.1, -0.05) is 36.4 Å². The van der Waals surface area contributed by atoms with E-state index in [0.29, 0.717) is 0 Å². The number of benzene rings is 3. The standard InChI is InChI=1S/C21H18N2O2.C2H4F2/c1-25-19-9-5-6-15(13-19)21(24)16-10-11-20-17(12-16)14-22-23(20)18-7-3-2-4-8-18;1-2(3)4/h2-14,21,24H,1H3;2H,1H3. The highest BCUT2D eigenvalue weighted by atomic mass is 19.3. The van der Waals surface area contributed by atoms with Gasteiger partial charge in [-0.25, -0.2) is 13.5 Å². The van der Waals surface area contributed by atoms with Gasteiger partial charge >= 0.3 is 0 Å². The summed E-state index contributed by atoms with van der Waals surface area (Å²) in [5.74, 6) is 0.731. The van der Waals surface area contributed by atoms with Crippen molar-refractivity contribution in [2.75, 3.05) is 7.11 Å². The van der Waals surface area contributed by atoms with Crippen LogP contribution in [-0.4, -0.2) is 28.4 Å². The SMILES string of the molecule is CC(F)F.COc1cccc(C(O)c2ccc3c(cnn3-c3ccccc3)c2)c1. The minimum Gasteiger partial charge on any atom is -0.497 e. The molecule has 6 heteroatoms. The van der Waals surface area contributed by atoms with Crippen LogP contribution < -0.4 is 4.74 Å². The maximum Gasteiger partial charge on any atom is 0.235 e. The molecule has 4 aromatic rings. The van der Waals surface area contributed by atoms with E-state index in [4.69, 9.17) is 4.74 Å². The van der Waals surface area contributed by atoms with Gasteiger partial charge in [0.15, 0.2) is 0 Å². The highest BCUT2D eigenvalue weighted by Crippen LogP contribution is 2.28. The van der Waals surface area contributed by atoms with Crippen molar-refractivity contribution in [3.8, 4) is 11.4 Å². The van der Waals surface area contributed by atoms with E-state index >= 15 is 0 Å². The quantitative estimate of drug-likeness (QED) is 0.503. The average Bonchev–Trinajstić information content (AvgIpc) is 3.16. The van der Waals surface area contributed by atoms with Gasteiger partial charge in [0.1, 0.15) is 11.9 Å². The van der Waals surface area contributed by atoms with Crippen LogP contribution in [0, 0.1) is 0 Å². The molecule has 0 saturated heterocycles. The van der Waals surface area contributed by atoms with Crippen molar-refractivity contribution in [3.05, 3.63) is 90.1 Å². The van der Waals surface area contributed by atoms with Crippen LogP contribution in [0.25, 0.3) is 16.6 Å². The highest BCUT2D eigenvalue weighted by Gasteiger charge is 2.13. The summed E-state index contributed by atoms with van der Waals surface area (Å²) in [7, 11) is 1.62. The number of hydrogen-bond donors (Lipinski definition) is 1. The number of methoxy groups -OCH3 is 1. The van der Waals surface area contributed by atoms with E-state index in [1.54, 1.807) is 7.11 Å². The first-order chi connectivity index (χ1) is 14.0. The first-order valence-corrected chi connectivity index (χ1v) is 9.13. The van der Waals surface area contributed by atoms with Crippen LogP contribution in [0.4, 0.5) is 8.78 Å². The van der Waals surface area contributed by atoms with E-state index in [0.717, 1.165) is 40.4 Å². The van der Waals surface area contributed by atoms with Crippen LogP contribution in [0.1, 0.15) is 24.2 Å². The number of rotatable bonds is 4. The molecule has 1 atom stereocenters. The Hall–Kier alpha value is -3.25. The van der Waals surface area contributed by atoms with Gasteiger partial charge < -0.3 is 9.84 Å². The number of nitrogens with zero attached hydrogens (tertiary/aromatic N) is 2. The number of hydrogen-bond acceptors (Lipinski definition) is 3. The van der Waals surface area contributed by atoms with Gasteiger partial charge in [-0.2, -0.15) is 5.10 Å². The largest absolute Gasteiger partial charge is 0.497 e. The summed E-state index contributed by atoms with van der Waals surface area (Å²) in [6, 6.07) is 23.4. The zero-order chi connectivity index (χ0) is 20.8. The number of aliphatic hydroxyl groups is 1. The summed E-state index contributed by atoms with van der Waals surface area (Å²) in [5, 5.41) is 16.2. The predicted octanol–water partition coefficient (Wildman–Crippen LogP) is 5.39. The molecule has 0 aliphatic carbocycles. The van der Waals surface area contributed by atoms with Crippen molar-refractivity contribution < 1.29 is 18.6 Å². The lowest BCUT2D eigenvalue weighted by Gasteiger charge is -2.13. The Balaban J connectivity index is 0.000000552. The Morgan fingerprint density at radius 1 is 0.931 bits per heavy atom. The second-order valence-corrected chi connectivity index (χ2v) is 6.41. The molecule has 0 bridgehead atoms. The van der Waals surface area contributed by atoms with E-state index < -0.39 is 12.5 Å². The van der Waals surface area contributed by atoms with Crippen molar-refractivity contribution in [2.45, 2.75) is 19.5 Å². The van der Waals surface area contributed by atoms with Gasteiger partial charge in [0.2, 0.25) is 6.43 Å². The number of fused-ring (bicyclic) bond motifs is 1. The van der Waals surface area contributed by atoms with E-state index in [9.17, 15) is 13.9 Å². The highest BCUT2D eigenvalue weighted by molar-refractivity contribution is 5.81. The van der Waals surface area contributed by atoms with Crippen LogP contribution in [0.3, 0.4) is 0 Å². The molecule has 4 nitrogen and oxygen atoms in total. The minimum atomic E-state index is -2.17. The number of para-hydroxylation sites is 1. The first kappa shape index (κ1) is 20.5. The summed E-state index contributed by atoms with van der Waals surface area (Å²) in [6.45, 7) is 0.833. The van der Waals surface area contributed by atoms with Gasteiger partial charge in [-0.15, -0.1) is 0 Å².